The van der Waals surface area contributed by atoms with Crippen LogP contribution in [0.5, 0.6) is 5.75 Å². The molecule has 0 amide bonds. The van der Waals surface area contributed by atoms with Gasteiger partial charge in [-0.05, 0) is 68.5 Å². The normalized spacial score (nSPS) is 19.3. The van der Waals surface area contributed by atoms with Crippen molar-refractivity contribution in [1.82, 2.24) is 29.5 Å². The first-order valence-electron chi connectivity index (χ1n) is 10.9. The van der Waals surface area contributed by atoms with Crippen LogP contribution in [-0.4, -0.2) is 43.8 Å². The summed E-state index contributed by atoms with van der Waals surface area (Å²) in [6, 6.07) is 6.96. The minimum Gasteiger partial charge on any atom is -0.493 e. The van der Waals surface area contributed by atoms with Gasteiger partial charge in [0.2, 0.25) is 0 Å². The van der Waals surface area contributed by atoms with Gasteiger partial charge in [0.1, 0.15) is 6.33 Å². The Bertz CT molecular complexity index is 1290. The predicted molar refractivity (Wildman–Crippen MR) is 121 cm³/mol. The number of aromatic amines is 1. The molecule has 0 atom stereocenters. The minimum absolute atomic E-state index is 0.0252. The molecule has 8 heteroatoms. The number of aromatic nitrogens is 5. The van der Waals surface area contributed by atoms with Crippen LogP contribution < -0.4 is 15.7 Å². The summed E-state index contributed by atoms with van der Waals surface area (Å²) in [4.78, 5) is 20.2. The largest absolute Gasteiger partial charge is 0.493 e. The molecule has 4 aromatic rings. The van der Waals surface area contributed by atoms with Crippen molar-refractivity contribution in [1.29, 1.82) is 0 Å². The second-order valence-electron chi connectivity index (χ2n) is 8.37. The first kappa shape index (κ1) is 19.8. The predicted octanol–water partition coefficient (Wildman–Crippen LogP) is 3.45. The lowest BCUT2D eigenvalue weighted by Crippen LogP contribution is -2.35. The summed E-state index contributed by atoms with van der Waals surface area (Å²) in [7, 11) is 1.63. The van der Waals surface area contributed by atoms with Gasteiger partial charge in [0.05, 0.1) is 18.1 Å². The van der Waals surface area contributed by atoms with E-state index in [0.717, 1.165) is 60.0 Å². The number of nitrogens with one attached hydrogen (secondary N) is 2. The molecule has 162 valence electrons. The van der Waals surface area contributed by atoms with Gasteiger partial charge in [-0.3, -0.25) is 4.57 Å². The monoisotopic (exact) mass is 420 g/mol. The molecule has 1 fully saturated rings. The maximum Gasteiger partial charge on any atom is 0.326 e. The van der Waals surface area contributed by atoms with Crippen molar-refractivity contribution in [3.05, 3.63) is 46.8 Å². The van der Waals surface area contributed by atoms with Crippen molar-refractivity contribution in [2.75, 3.05) is 13.7 Å². The van der Waals surface area contributed by atoms with Crippen LogP contribution in [0, 0.1) is 6.92 Å². The maximum atomic E-state index is 12.9. The second kappa shape index (κ2) is 7.85. The molecule has 3 aromatic heterocycles. The second-order valence-corrected chi connectivity index (χ2v) is 8.37. The number of fused-ring (bicyclic) bond motifs is 2. The molecule has 8 nitrogen and oxygen atoms in total. The summed E-state index contributed by atoms with van der Waals surface area (Å²) in [6.07, 6.45) is 7.70. The van der Waals surface area contributed by atoms with Crippen LogP contribution in [0.4, 0.5) is 0 Å². The first-order chi connectivity index (χ1) is 15.1. The van der Waals surface area contributed by atoms with Crippen molar-refractivity contribution in [3.63, 3.8) is 0 Å². The Morgan fingerprint density at radius 2 is 2.03 bits per heavy atom. The third-order valence-electron chi connectivity index (χ3n) is 6.49. The standard InChI is InChI=1S/C23H28N6O2/c1-4-24-16-5-7-17(8-6-16)29-20-9-14(2)18(11-19(20)27-23(29)30)15-10-21(31-3)22-25-13-26-28(22)12-15/h9-13,16-17,24H,4-8H2,1-3H3,(H,27,30). The van der Waals surface area contributed by atoms with Gasteiger partial charge in [-0.1, -0.05) is 6.92 Å². The number of nitrogens with zero attached hydrogens (tertiary/aromatic N) is 4. The SMILES string of the molecule is CCNC1CCC(n2c(=O)[nH]c3cc(-c4cc(OC)c5ncnn5c4)c(C)cc32)CC1. The number of methoxy groups -OCH3 is 1. The van der Waals surface area contributed by atoms with Crippen molar-refractivity contribution in [3.8, 4) is 16.9 Å². The van der Waals surface area contributed by atoms with Crippen LogP contribution in [0.15, 0.2) is 35.5 Å². The fourth-order valence-electron chi connectivity index (χ4n) is 4.97. The minimum atomic E-state index is -0.0252. The summed E-state index contributed by atoms with van der Waals surface area (Å²) in [5.74, 6) is 0.665. The van der Waals surface area contributed by atoms with E-state index in [2.05, 4.69) is 46.4 Å². The molecule has 3 heterocycles. The van der Waals surface area contributed by atoms with Crippen LogP contribution in [0.2, 0.25) is 0 Å². The van der Waals surface area contributed by atoms with Crippen molar-refractivity contribution >= 4 is 16.7 Å². The number of imidazole rings is 1. The lowest BCUT2D eigenvalue weighted by Gasteiger charge is -2.29. The summed E-state index contributed by atoms with van der Waals surface area (Å²) in [5, 5.41) is 7.80. The number of hydrogen-bond donors (Lipinski definition) is 2. The third kappa shape index (κ3) is 3.40. The Labute approximate surface area is 180 Å². The van der Waals surface area contributed by atoms with E-state index in [9.17, 15) is 4.79 Å². The quantitative estimate of drug-likeness (QED) is 0.516. The molecule has 5 rings (SSSR count). The van der Waals surface area contributed by atoms with E-state index in [1.54, 1.807) is 11.6 Å². The first-order valence-corrected chi connectivity index (χ1v) is 10.9. The smallest absolute Gasteiger partial charge is 0.326 e. The topological polar surface area (TPSA) is 89.2 Å². The Morgan fingerprint density at radius 3 is 2.77 bits per heavy atom. The highest BCUT2D eigenvalue weighted by Gasteiger charge is 2.25. The molecule has 1 saturated carbocycles. The summed E-state index contributed by atoms with van der Waals surface area (Å²) in [5.41, 5.74) is 5.59. The van der Waals surface area contributed by atoms with Crippen LogP contribution in [-0.2, 0) is 0 Å². The fourth-order valence-corrected chi connectivity index (χ4v) is 4.97. The highest BCUT2D eigenvalue weighted by Crippen LogP contribution is 2.34. The van der Waals surface area contributed by atoms with Gasteiger partial charge in [0.15, 0.2) is 11.4 Å². The van der Waals surface area contributed by atoms with Gasteiger partial charge < -0.3 is 15.0 Å². The van der Waals surface area contributed by atoms with E-state index in [-0.39, 0.29) is 11.7 Å². The van der Waals surface area contributed by atoms with Gasteiger partial charge >= 0.3 is 5.69 Å². The van der Waals surface area contributed by atoms with E-state index >= 15 is 0 Å². The van der Waals surface area contributed by atoms with Crippen LogP contribution in [0.3, 0.4) is 0 Å². The molecular formula is C23H28N6O2. The Balaban J connectivity index is 1.55. The average molecular weight is 421 g/mol. The van der Waals surface area contributed by atoms with Gasteiger partial charge in [0.25, 0.3) is 0 Å². The molecule has 0 unspecified atom stereocenters. The van der Waals surface area contributed by atoms with Gasteiger partial charge in [0, 0.05) is 23.8 Å². The molecule has 31 heavy (non-hydrogen) atoms. The van der Waals surface area contributed by atoms with Gasteiger partial charge in [-0.25, -0.2) is 14.3 Å². The highest BCUT2D eigenvalue weighted by atomic mass is 16.5. The number of aryl methyl sites for hydroxylation is 1. The zero-order valence-corrected chi connectivity index (χ0v) is 18.2. The zero-order valence-electron chi connectivity index (χ0n) is 18.2. The molecule has 1 aliphatic rings. The number of pyridine rings is 1. The molecule has 1 aliphatic carbocycles. The van der Waals surface area contributed by atoms with E-state index < -0.39 is 0 Å². The molecule has 2 N–H and O–H groups in total. The molecule has 0 radical (unpaired) electrons. The molecule has 0 bridgehead atoms. The number of ether oxygens (including phenoxy) is 1. The third-order valence-corrected chi connectivity index (χ3v) is 6.49. The summed E-state index contributed by atoms with van der Waals surface area (Å²) < 4.78 is 9.20. The van der Waals surface area contributed by atoms with Crippen LogP contribution >= 0.6 is 0 Å². The zero-order chi connectivity index (χ0) is 21.5. The lowest BCUT2D eigenvalue weighted by molar-refractivity contribution is 0.294. The summed E-state index contributed by atoms with van der Waals surface area (Å²) >= 11 is 0. The summed E-state index contributed by atoms with van der Waals surface area (Å²) in [6.45, 7) is 5.22. The number of H-pyrrole nitrogens is 1. The maximum absolute atomic E-state index is 12.9. The fraction of sp³-hybridized carbons (Fsp3) is 0.435. The van der Waals surface area contributed by atoms with E-state index in [0.29, 0.717) is 17.4 Å². The Kier molecular flexibility index (Phi) is 5.02. The van der Waals surface area contributed by atoms with Crippen molar-refractivity contribution in [2.24, 2.45) is 0 Å². The average Bonchev–Trinajstić information content (AvgIpc) is 3.37. The Morgan fingerprint density at radius 1 is 1.23 bits per heavy atom. The lowest BCUT2D eigenvalue weighted by atomic mass is 9.90. The van der Waals surface area contributed by atoms with Crippen LogP contribution in [0.1, 0.15) is 44.2 Å². The molecule has 1 aromatic carbocycles. The van der Waals surface area contributed by atoms with Crippen molar-refractivity contribution in [2.45, 2.75) is 51.6 Å². The van der Waals surface area contributed by atoms with E-state index in [4.69, 9.17) is 4.74 Å². The van der Waals surface area contributed by atoms with E-state index in [1.165, 1.54) is 6.33 Å². The molecule has 0 saturated heterocycles. The molecule has 0 aliphatic heterocycles. The van der Waals surface area contributed by atoms with Gasteiger partial charge in [-0.15, -0.1) is 0 Å². The van der Waals surface area contributed by atoms with E-state index in [1.807, 2.05) is 16.8 Å². The molecule has 0 spiro atoms. The highest BCUT2D eigenvalue weighted by molar-refractivity contribution is 5.85. The Hall–Kier alpha value is -3.13. The number of hydrogen-bond acceptors (Lipinski definition) is 5. The number of benzene rings is 1. The number of rotatable bonds is 5. The molecular weight excluding hydrogens is 392 g/mol. The van der Waals surface area contributed by atoms with Crippen molar-refractivity contribution < 1.29 is 4.74 Å². The van der Waals surface area contributed by atoms with Gasteiger partial charge in [-0.2, -0.15) is 5.10 Å². The van der Waals surface area contributed by atoms with Crippen LogP contribution in [0.25, 0.3) is 27.8 Å².